The van der Waals surface area contributed by atoms with Crippen molar-refractivity contribution in [2.45, 2.75) is 57.4 Å². The smallest absolute Gasteiger partial charge is 0.303 e. The van der Waals surface area contributed by atoms with Crippen LogP contribution in [0.25, 0.3) is 22.0 Å². The number of nitrogens with zero attached hydrogens (tertiary/aromatic N) is 1. The number of hydrogen-bond acceptors (Lipinski definition) is 6. The van der Waals surface area contributed by atoms with E-state index in [1.54, 1.807) is 0 Å². The Morgan fingerprint density at radius 1 is 1.05 bits per heavy atom. The fourth-order valence-corrected chi connectivity index (χ4v) is 5.69. The molecule has 196 valence electrons. The SMILES string of the molecule is O=C(O)CCCC1Cc2cc3c(cc2-c2cc4ccc5c(c4c[n+]21)OCCO5)CCCC3.O=S(=O)([O-])O. The molecule has 3 heterocycles. The molecular weight excluding hydrogens is 498 g/mol. The number of aromatic nitrogens is 1. The summed E-state index contributed by atoms with van der Waals surface area (Å²) in [5, 5.41) is 11.4. The van der Waals surface area contributed by atoms with Crippen molar-refractivity contribution in [3.05, 3.63) is 53.2 Å². The number of benzene rings is 2. The van der Waals surface area contributed by atoms with Crippen LogP contribution in [0.4, 0.5) is 0 Å². The van der Waals surface area contributed by atoms with E-state index in [0.29, 0.717) is 19.6 Å². The van der Waals surface area contributed by atoms with Crippen LogP contribution in [0.5, 0.6) is 11.5 Å². The lowest BCUT2D eigenvalue weighted by molar-refractivity contribution is -0.714. The van der Waals surface area contributed by atoms with E-state index in [1.807, 2.05) is 6.07 Å². The highest BCUT2D eigenvalue weighted by Gasteiger charge is 2.34. The molecule has 0 fully saturated rings. The highest BCUT2D eigenvalue weighted by molar-refractivity contribution is 7.79. The Kier molecular flexibility index (Phi) is 7.06. The number of aliphatic carboxylic acids is 1. The van der Waals surface area contributed by atoms with Crippen LogP contribution in [-0.4, -0.2) is 41.8 Å². The van der Waals surface area contributed by atoms with Crippen molar-refractivity contribution < 1.29 is 41.5 Å². The molecule has 0 radical (unpaired) electrons. The second-order valence-corrected chi connectivity index (χ2v) is 10.6. The van der Waals surface area contributed by atoms with E-state index in [-0.39, 0.29) is 12.5 Å². The van der Waals surface area contributed by atoms with Crippen molar-refractivity contribution in [2.24, 2.45) is 0 Å². The summed E-state index contributed by atoms with van der Waals surface area (Å²) < 4.78 is 47.0. The molecule has 9 nitrogen and oxygen atoms in total. The van der Waals surface area contributed by atoms with Crippen molar-refractivity contribution in [1.82, 2.24) is 0 Å². The summed E-state index contributed by atoms with van der Waals surface area (Å²) >= 11 is 0. The van der Waals surface area contributed by atoms with Gasteiger partial charge in [0.25, 0.3) is 0 Å². The van der Waals surface area contributed by atoms with Crippen molar-refractivity contribution in [3.63, 3.8) is 0 Å². The molecule has 1 aromatic heterocycles. The standard InChI is InChI=1S/C27H27NO4.H2O4S/c29-26(30)7-3-6-21-13-20-12-17-4-1-2-5-18(17)14-22(20)24-15-19-8-9-25-27(32-11-10-31-25)23(19)16-28(21)24;1-5(2,3)4/h8-9,12,14-16,21H,1-7,10-11,13H2;(H2,1,2,3,4). The van der Waals surface area contributed by atoms with Gasteiger partial charge in [-0.2, -0.15) is 4.57 Å². The van der Waals surface area contributed by atoms with E-state index in [2.05, 4.69) is 35.0 Å². The first kappa shape index (κ1) is 25.4. The van der Waals surface area contributed by atoms with E-state index in [9.17, 15) is 4.79 Å². The van der Waals surface area contributed by atoms with Gasteiger partial charge in [-0.25, -0.2) is 8.42 Å². The molecule has 1 aliphatic carbocycles. The summed E-state index contributed by atoms with van der Waals surface area (Å²) in [7, 11) is -4.92. The fourth-order valence-electron chi connectivity index (χ4n) is 5.69. The first-order chi connectivity index (χ1) is 17.7. The molecule has 3 aliphatic rings. The van der Waals surface area contributed by atoms with Gasteiger partial charge in [0.05, 0.1) is 5.39 Å². The molecule has 3 aromatic rings. The average Bonchev–Trinajstić information content (AvgIpc) is 2.85. The number of rotatable bonds is 4. The number of aryl methyl sites for hydroxylation is 2. The lowest BCUT2D eigenvalue weighted by Gasteiger charge is -2.26. The molecular formula is C27H29NO8S. The van der Waals surface area contributed by atoms with Gasteiger partial charge in [0.2, 0.25) is 16.1 Å². The number of fused-ring (bicyclic) bond motifs is 7. The molecule has 6 rings (SSSR count). The van der Waals surface area contributed by atoms with Gasteiger partial charge >= 0.3 is 5.97 Å². The molecule has 37 heavy (non-hydrogen) atoms. The van der Waals surface area contributed by atoms with Crippen LogP contribution in [-0.2, 0) is 34.5 Å². The minimum Gasteiger partial charge on any atom is -0.726 e. The molecule has 0 amide bonds. The lowest BCUT2D eigenvalue weighted by Crippen LogP contribution is -2.45. The Balaban J connectivity index is 0.000000514. The van der Waals surface area contributed by atoms with E-state index in [4.69, 9.17) is 32.1 Å². The molecule has 2 N–H and O–H groups in total. The molecule has 1 atom stereocenters. The van der Waals surface area contributed by atoms with Gasteiger partial charge in [0, 0.05) is 30.9 Å². The van der Waals surface area contributed by atoms with Crippen molar-refractivity contribution in [2.75, 3.05) is 13.2 Å². The van der Waals surface area contributed by atoms with Gasteiger partial charge in [-0.15, -0.1) is 0 Å². The third-order valence-electron chi connectivity index (χ3n) is 7.24. The first-order valence-corrected chi connectivity index (χ1v) is 13.9. The van der Waals surface area contributed by atoms with Crippen LogP contribution in [0.15, 0.2) is 36.5 Å². The van der Waals surface area contributed by atoms with Crippen LogP contribution >= 0.6 is 0 Å². The molecule has 0 saturated heterocycles. The predicted octanol–water partition coefficient (Wildman–Crippen LogP) is 3.80. The third-order valence-corrected chi connectivity index (χ3v) is 7.24. The number of ether oxygens (including phenoxy) is 2. The van der Waals surface area contributed by atoms with Gasteiger partial charge in [-0.3, -0.25) is 9.35 Å². The summed E-state index contributed by atoms with van der Waals surface area (Å²) in [5.41, 5.74) is 6.96. The van der Waals surface area contributed by atoms with E-state index >= 15 is 0 Å². The zero-order valence-corrected chi connectivity index (χ0v) is 21.1. The minimum atomic E-state index is -4.92. The third kappa shape index (κ3) is 5.71. The van der Waals surface area contributed by atoms with Crippen molar-refractivity contribution >= 4 is 27.1 Å². The molecule has 2 aromatic carbocycles. The van der Waals surface area contributed by atoms with Crippen LogP contribution < -0.4 is 14.0 Å². The van der Waals surface area contributed by atoms with E-state index in [0.717, 1.165) is 41.5 Å². The van der Waals surface area contributed by atoms with Crippen LogP contribution in [0.3, 0.4) is 0 Å². The Hall–Kier alpha value is -3.21. The van der Waals surface area contributed by atoms with Gasteiger partial charge in [0.1, 0.15) is 13.2 Å². The minimum absolute atomic E-state index is 0.212. The summed E-state index contributed by atoms with van der Waals surface area (Å²) in [6.45, 7) is 1.14. The normalized spacial score (nSPS) is 17.6. The fraction of sp³-hybridized carbons (Fsp3) is 0.407. The maximum Gasteiger partial charge on any atom is 0.303 e. The second-order valence-electron chi connectivity index (χ2n) is 9.72. The van der Waals surface area contributed by atoms with Crippen molar-refractivity contribution in [3.8, 4) is 22.8 Å². The molecule has 0 bridgehead atoms. The Labute approximate surface area is 215 Å². The van der Waals surface area contributed by atoms with Crippen molar-refractivity contribution in [1.29, 1.82) is 0 Å². The van der Waals surface area contributed by atoms with Gasteiger partial charge < -0.3 is 19.1 Å². The number of carboxylic acids is 1. The van der Waals surface area contributed by atoms with Crippen LogP contribution in [0, 0.1) is 0 Å². The Morgan fingerprint density at radius 3 is 2.49 bits per heavy atom. The largest absolute Gasteiger partial charge is 0.726 e. The topological polar surface area (TPSA) is 137 Å². The number of carbonyl (C=O) groups is 1. The predicted molar refractivity (Wildman–Crippen MR) is 134 cm³/mol. The average molecular weight is 528 g/mol. The highest BCUT2D eigenvalue weighted by Crippen LogP contribution is 2.41. The quantitative estimate of drug-likeness (QED) is 0.297. The maximum atomic E-state index is 11.1. The summed E-state index contributed by atoms with van der Waals surface area (Å²) in [4.78, 5) is 11.1. The van der Waals surface area contributed by atoms with Crippen LogP contribution in [0.1, 0.15) is 54.8 Å². The summed E-state index contributed by atoms with van der Waals surface area (Å²) in [5.74, 6) is 0.903. The molecule has 2 aliphatic heterocycles. The Bertz CT molecular complexity index is 1460. The number of pyridine rings is 1. The molecule has 10 heteroatoms. The first-order valence-electron chi connectivity index (χ1n) is 12.5. The maximum absolute atomic E-state index is 11.1. The van der Waals surface area contributed by atoms with E-state index in [1.165, 1.54) is 47.2 Å². The van der Waals surface area contributed by atoms with E-state index < -0.39 is 16.4 Å². The highest BCUT2D eigenvalue weighted by atomic mass is 32.3. The molecule has 0 spiro atoms. The number of hydrogen-bond donors (Lipinski definition) is 2. The summed E-state index contributed by atoms with van der Waals surface area (Å²) in [6, 6.07) is 11.5. The van der Waals surface area contributed by atoms with Gasteiger partial charge in [-0.1, -0.05) is 6.07 Å². The van der Waals surface area contributed by atoms with Gasteiger partial charge in [0.15, 0.2) is 23.7 Å². The second kappa shape index (κ2) is 10.3. The monoisotopic (exact) mass is 527 g/mol. The van der Waals surface area contributed by atoms with Gasteiger partial charge in [-0.05, 0) is 72.4 Å². The molecule has 0 saturated carbocycles. The zero-order valence-electron chi connectivity index (χ0n) is 20.3. The molecule has 1 unspecified atom stereocenters. The number of carboxylic acid groups (broad SMARTS) is 1. The zero-order chi connectivity index (χ0) is 26.2. The lowest BCUT2D eigenvalue weighted by atomic mass is 9.83. The van der Waals surface area contributed by atoms with Crippen LogP contribution in [0.2, 0.25) is 0 Å². The summed E-state index contributed by atoms with van der Waals surface area (Å²) in [6.07, 6.45) is 9.77. The Morgan fingerprint density at radius 2 is 1.76 bits per heavy atom.